The van der Waals surface area contributed by atoms with Crippen LogP contribution in [0.4, 0.5) is 5.69 Å². The molecule has 0 fully saturated rings. The predicted octanol–water partition coefficient (Wildman–Crippen LogP) is 2.95. The van der Waals surface area contributed by atoms with Crippen molar-refractivity contribution in [2.75, 3.05) is 30.3 Å². The average molecular weight is 518 g/mol. The van der Waals surface area contributed by atoms with Gasteiger partial charge in [0.2, 0.25) is 21.8 Å². The second-order valence-corrected chi connectivity index (χ2v) is 10.8. The maximum absolute atomic E-state index is 13.7. The SMILES string of the molecule is CC[C@H](C(=O)N[C@@H](C)CC)N(Cc1ccccc1)C(=O)CN(c1ccc2c(c1)OCCO2)S(C)(=O)=O. The van der Waals surface area contributed by atoms with Crippen molar-refractivity contribution in [3.63, 3.8) is 0 Å². The van der Waals surface area contributed by atoms with E-state index in [0.717, 1.165) is 22.5 Å². The molecule has 3 rings (SSSR count). The lowest BCUT2D eigenvalue weighted by Gasteiger charge is -2.33. The summed E-state index contributed by atoms with van der Waals surface area (Å²) < 4.78 is 37.7. The summed E-state index contributed by atoms with van der Waals surface area (Å²) in [6.45, 7) is 6.18. The van der Waals surface area contributed by atoms with E-state index in [1.807, 2.05) is 51.1 Å². The summed E-state index contributed by atoms with van der Waals surface area (Å²) >= 11 is 0. The molecule has 0 spiro atoms. The number of benzene rings is 2. The van der Waals surface area contributed by atoms with Gasteiger partial charge >= 0.3 is 0 Å². The predicted molar refractivity (Wildman–Crippen MR) is 139 cm³/mol. The largest absolute Gasteiger partial charge is 0.486 e. The number of ether oxygens (including phenoxy) is 2. The van der Waals surface area contributed by atoms with Crippen molar-refractivity contribution in [1.82, 2.24) is 10.2 Å². The van der Waals surface area contributed by atoms with Gasteiger partial charge in [-0.25, -0.2) is 8.42 Å². The summed E-state index contributed by atoms with van der Waals surface area (Å²) in [6.07, 6.45) is 2.18. The molecule has 10 heteroatoms. The molecular weight excluding hydrogens is 482 g/mol. The number of hydrogen-bond acceptors (Lipinski definition) is 6. The molecule has 2 amide bonds. The van der Waals surface area contributed by atoms with E-state index in [-0.39, 0.29) is 24.2 Å². The standard InChI is InChI=1S/C26H35N3O6S/c1-5-19(3)27-26(31)22(6-2)28(17-20-10-8-7-9-11-20)25(30)18-29(36(4,32)33)21-12-13-23-24(16-21)35-15-14-34-23/h7-13,16,19,22H,5-6,14-15,17-18H2,1-4H3,(H,27,31)/t19-,22+/m0/s1. The first-order valence-electron chi connectivity index (χ1n) is 12.1. The van der Waals surface area contributed by atoms with Gasteiger partial charge in [-0.3, -0.25) is 13.9 Å². The van der Waals surface area contributed by atoms with Crippen LogP contribution in [0.5, 0.6) is 11.5 Å². The Morgan fingerprint density at radius 3 is 2.28 bits per heavy atom. The van der Waals surface area contributed by atoms with Crippen molar-refractivity contribution in [2.45, 2.75) is 52.2 Å². The van der Waals surface area contributed by atoms with Crippen LogP contribution in [0.3, 0.4) is 0 Å². The molecule has 0 aliphatic carbocycles. The first-order chi connectivity index (χ1) is 17.1. The van der Waals surface area contributed by atoms with Crippen LogP contribution in [0, 0.1) is 0 Å². The maximum atomic E-state index is 13.7. The fourth-order valence-electron chi connectivity index (χ4n) is 3.94. The number of anilines is 1. The third kappa shape index (κ3) is 6.90. The monoisotopic (exact) mass is 517 g/mol. The van der Waals surface area contributed by atoms with Crippen LogP contribution in [-0.2, 0) is 26.2 Å². The quantitative estimate of drug-likeness (QED) is 0.491. The third-order valence-corrected chi connectivity index (χ3v) is 7.22. The fourth-order valence-corrected chi connectivity index (χ4v) is 4.78. The number of nitrogens with zero attached hydrogens (tertiary/aromatic N) is 2. The summed E-state index contributed by atoms with van der Waals surface area (Å²) in [6, 6.07) is 13.3. The molecule has 0 saturated carbocycles. The molecule has 2 aromatic carbocycles. The van der Waals surface area contributed by atoms with Crippen LogP contribution in [0.1, 0.15) is 39.2 Å². The minimum absolute atomic E-state index is 0.0505. The number of rotatable bonds is 11. The van der Waals surface area contributed by atoms with Crippen molar-refractivity contribution in [3.8, 4) is 11.5 Å². The van der Waals surface area contributed by atoms with E-state index in [2.05, 4.69) is 5.32 Å². The second kappa shape index (κ2) is 12.1. The molecule has 1 aliphatic rings. The minimum atomic E-state index is -3.83. The highest BCUT2D eigenvalue weighted by atomic mass is 32.2. The van der Waals surface area contributed by atoms with Gasteiger partial charge < -0.3 is 19.7 Å². The zero-order valence-corrected chi connectivity index (χ0v) is 22.1. The van der Waals surface area contributed by atoms with E-state index < -0.39 is 28.5 Å². The van der Waals surface area contributed by atoms with Gasteiger partial charge in [-0.05, 0) is 37.5 Å². The van der Waals surface area contributed by atoms with E-state index >= 15 is 0 Å². The maximum Gasteiger partial charge on any atom is 0.244 e. The van der Waals surface area contributed by atoms with E-state index in [9.17, 15) is 18.0 Å². The highest BCUT2D eigenvalue weighted by Crippen LogP contribution is 2.34. The average Bonchev–Trinajstić information content (AvgIpc) is 2.86. The Balaban J connectivity index is 1.93. The minimum Gasteiger partial charge on any atom is -0.486 e. The molecule has 0 radical (unpaired) electrons. The van der Waals surface area contributed by atoms with Gasteiger partial charge in [0.25, 0.3) is 0 Å². The first kappa shape index (κ1) is 27.3. The van der Waals surface area contributed by atoms with Crippen LogP contribution in [-0.4, -0.2) is 63.2 Å². The molecule has 2 atom stereocenters. The summed E-state index contributed by atoms with van der Waals surface area (Å²) in [5, 5.41) is 2.96. The zero-order chi connectivity index (χ0) is 26.3. The second-order valence-electron chi connectivity index (χ2n) is 8.85. The van der Waals surface area contributed by atoms with Crippen molar-refractivity contribution < 1.29 is 27.5 Å². The highest BCUT2D eigenvalue weighted by molar-refractivity contribution is 7.92. The van der Waals surface area contributed by atoms with Gasteiger partial charge in [0.05, 0.1) is 11.9 Å². The first-order valence-corrected chi connectivity index (χ1v) is 14.0. The van der Waals surface area contributed by atoms with Gasteiger partial charge in [-0.2, -0.15) is 0 Å². The topological polar surface area (TPSA) is 105 Å². The van der Waals surface area contributed by atoms with E-state index in [1.165, 1.54) is 4.90 Å². The fraction of sp³-hybridized carbons (Fsp3) is 0.462. The van der Waals surface area contributed by atoms with E-state index in [4.69, 9.17) is 9.47 Å². The molecule has 1 N–H and O–H groups in total. The van der Waals surface area contributed by atoms with Gasteiger partial charge in [0.1, 0.15) is 25.8 Å². The Bertz CT molecular complexity index is 1160. The van der Waals surface area contributed by atoms with Crippen LogP contribution >= 0.6 is 0 Å². The Kier molecular flexibility index (Phi) is 9.19. The normalized spacial score (nSPS) is 14.4. The Morgan fingerprint density at radius 2 is 1.67 bits per heavy atom. The number of sulfonamides is 1. The summed E-state index contributed by atoms with van der Waals surface area (Å²) in [4.78, 5) is 28.3. The highest BCUT2D eigenvalue weighted by Gasteiger charge is 2.32. The van der Waals surface area contributed by atoms with Crippen molar-refractivity contribution in [3.05, 3.63) is 54.1 Å². The number of amides is 2. The van der Waals surface area contributed by atoms with Gasteiger partial charge in [0.15, 0.2) is 11.5 Å². The van der Waals surface area contributed by atoms with Crippen molar-refractivity contribution >= 4 is 27.5 Å². The van der Waals surface area contributed by atoms with Crippen molar-refractivity contribution in [1.29, 1.82) is 0 Å². The lowest BCUT2D eigenvalue weighted by atomic mass is 10.1. The molecule has 2 aromatic rings. The number of carbonyl (C=O) groups is 2. The van der Waals surface area contributed by atoms with Crippen LogP contribution in [0.15, 0.2) is 48.5 Å². The number of nitrogens with one attached hydrogen (secondary N) is 1. The molecule has 1 heterocycles. The summed E-state index contributed by atoms with van der Waals surface area (Å²) in [5.74, 6) is 0.190. The van der Waals surface area contributed by atoms with Crippen LogP contribution < -0.4 is 19.1 Å². The zero-order valence-electron chi connectivity index (χ0n) is 21.3. The lowest BCUT2D eigenvalue weighted by Crippen LogP contribution is -2.53. The van der Waals surface area contributed by atoms with Gasteiger partial charge in [-0.15, -0.1) is 0 Å². The van der Waals surface area contributed by atoms with E-state index in [1.54, 1.807) is 18.2 Å². The molecule has 0 aromatic heterocycles. The van der Waals surface area contributed by atoms with Crippen LogP contribution in [0.2, 0.25) is 0 Å². The summed E-state index contributed by atoms with van der Waals surface area (Å²) in [7, 11) is -3.83. The smallest absolute Gasteiger partial charge is 0.244 e. The number of fused-ring (bicyclic) bond motifs is 1. The molecule has 36 heavy (non-hydrogen) atoms. The Labute approximate surface area is 213 Å². The molecule has 1 aliphatic heterocycles. The summed E-state index contributed by atoms with van der Waals surface area (Å²) in [5.41, 5.74) is 1.12. The van der Waals surface area contributed by atoms with Crippen LogP contribution in [0.25, 0.3) is 0 Å². The molecule has 9 nitrogen and oxygen atoms in total. The lowest BCUT2D eigenvalue weighted by molar-refractivity contribution is -0.140. The number of carbonyl (C=O) groups excluding carboxylic acids is 2. The molecule has 0 unspecified atom stereocenters. The number of hydrogen-bond donors (Lipinski definition) is 1. The van der Waals surface area contributed by atoms with Gasteiger partial charge in [0, 0.05) is 18.7 Å². The van der Waals surface area contributed by atoms with Crippen molar-refractivity contribution in [2.24, 2.45) is 0 Å². The van der Waals surface area contributed by atoms with E-state index in [0.29, 0.717) is 31.1 Å². The third-order valence-electron chi connectivity index (χ3n) is 6.08. The van der Waals surface area contributed by atoms with Gasteiger partial charge in [-0.1, -0.05) is 44.2 Å². The molecule has 0 saturated heterocycles. The Hall–Kier alpha value is -3.27. The Morgan fingerprint density at radius 1 is 1.00 bits per heavy atom. The molecular formula is C26H35N3O6S. The molecule has 0 bridgehead atoms. The molecule has 196 valence electrons.